The van der Waals surface area contributed by atoms with E-state index in [1.807, 2.05) is 30.5 Å². The first kappa shape index (κ1) is 34.8. The van der Waals surface area contributed by atoms with Crippen LogP contribution >= 0.6 is 0 Å². The number of hydrogen-bond acceptors (Lipinski definition) is 5. The van der Waals surface area contributed by atoms with Gasteiger partial charge in [-0.2, -0.15) is 0 Å². The van der Waals surface area contributed by atoms with Gasteiger partial charge in [-0.3, -0.25) is 4.98 Å². The van der Waals surface area contributed by atoms with Crippen LogP contribution in [0.2, 0.25) is 0 Å². The minimum atomic E-state index is -0.145. The molecule has 0 aliphatic heterocycles. The number of para-hydroxylation sites is 2. The molecule has 5 heteroatoms. The van der Waals surface area contributed by atoms with E-state index < -0.39 is 0 Å². The second kappa shape index (κ2) is 13.0. The Bertz CT molecular complexity index is 3830. The van der Waals surface area contributed by atoms with Gasteiger partial charge in [-0.05, 0) is 70.8 Å². The molecule has 7 aromatic carbocycles. The Labute approximate surface area is 357 Å². The molecule has 0 fully saturated rings. The van der Waals surface area contributed by atoms with Crippen LogP contribution in [0.3, 0.4) is 0 Å². The maximum atomic E-state index is 6.83. The molecule has 0 atom stereocenters. The van der Waals surface area contributed by atoms with E-state index in [1.54, 1.807) is 0 Å². The third-order valence-electron chi connectivity index (χ3n) is 13.1. The van der Waals surface area contributed by atoms with Crippen LogP contribution in [0.1, 0.15) is 25.0 Å². The minimum absolute atomic E-state index is 0.145. The van der Waals surface area contributed by atoms with Crippen molar-refractivity contribution in [2.24, 2.45) is 0 Å². The van der Waals surface area contributed by atoms with E-state index in [-0.39, 0.29) is 5.41 Å². The summed E-state index contributed by atoms with van der Waals surface area (Å²) >= 11 is 0. The third kappa shape index (κ3) is 5.09. The number of fused-ring (bicyclic) bond motifs is 13. The van der Waals surface area contributed by atoms with Crippen molar-refractivity contribution >= 4 is 65.4 Å². The van der Waals surface area contributed by atoms with Crippen LogP contribution in [0.15, 0.2) is 187 Å². The highest BCUT2D eigenvalue weighted by molar-refractivity contribution is 6.30. The summed E-state index contributed by atoms with van der Waals surface area (Å²) in [4.78, 5) is 21.0. The highest BCUT2D eigenvalue weighted by atomic mass is 16.3. The summed E-state index contributed by atoms with van der Waals surface area (Å²) in [5.41, 5.74) is 17.0. The highest BCUT2D eigenvalue weighted by Gasteiger charge is 2.35. The quantitative estimate of drug-likeness (QED) is 0.166. The summed E-state index contributed by atoms with van der Waals surface area (Å²) in [6.07, 6.45) is 1.93. The Hall–Kier alpha value is -8.02. The third-order valence-corrected chi connectivity index (χ3v) is 13.1. The molecule has 1 aliphatic carbocycles. The zero-order valence-corrected chi connectivity index (χ0v) is 34.0. The average Bonchev–Trinajstić information content (AvgIpc) is 3.83. The van der Waals surface area contributed by atoms with E-state index in [0.29, 0.717) is 0 Å². The minimum Gasteiger partial charge on any atom is -0.455 e. The number of pyridine rings is 4. The predicted octanol–water partition coefficient (Wildman–Crippen LogP) is 14.8. The number of nitrogens with zero attached hydrogens (tertiary/aromatic N) is 4. The van der Waals surface area contributed by atoms with Crippen molar-refractivity contribution in [3.63, 3.8) is 0 Å². The van der Waals surface area contributed by atoms with Gasteiger partial charge in [-0.25, -0.2) is 15.0 Å². The Morgan fingerprint density at radius 3 is 1.87 bits per heavy atom. The number of benzene rings is 7. The largest absolute Gasteiger partial charge is 0.455 e. The van der Waals surface area contributed by atoms with Gasteiger partial charge in [-0.15, -0.1) is 0 Å². The highest BCUT2D eigenvalue weighted by Crippen LogP contribution is 2.51. The Morgan fingerprint density at radius 1 is 0.435 bits per heavy atom. The topological polar surface area (TPSA) is 64.7 Å². The van der Waals surface area contributed by atoms with E-state index in [2.05, 4.69) is 166 Å². The summed E-state index contributed by atoms with van der Waals surface area (Å²) in [7, 11) is 0. The van der Waals surface area contributed by atoms with E-state index in [0.717, 1.165) is 110 Å². The van der Waals surface area contributed by atoms with Gasteiger partial charge < -0.3 is 4.42 Å². The molecule has 0 amide bonds. The molecule has 0 radical (unpaired) electrons. The number of hydrogen-bond donors (Lipinski definition) is 0. The zero-order chi connectivity index (χ0) is 41.1. The fraction of sp³-hybridized carbons (Fsp3) is 0.0526. The molecule has 12 aromatic rings. The van der Waals surface area contributed by atoms with Crippen LogP contribution in [-0.4, -0.2) is 19.9 Å². The van der Waals surface area contributed by atoms with Gasteiger partial charge in [-0.1, -0.05) is 141 Å². The van der Waals surface area contributed by atoms with Crippen molar-refractivity contribution in [2.45, 2.75) is 19.3 Å². The van der Waals surface area contributed by atoms with Gasteiger partial charge in [0.1, 0.15) is 11.2 Å². The molecule has 0 saturated carbocycles. The van der Waals surface area contributed by atoms with Gasteiger partial charge in [0.2, 0.25) is 0 Å². The molecule has 5 nitrogen and oxygen atoms in total. The molecule has 1 aliphatic rings. The average molecular weight is 793 g/mol. The van der Waals surface area contributed by atoms with Crippen LogP contribution in [0.5, 0.6) is 0 Å². The van der Waals surface area contributed by atoms with Crippen LogP contribution in [-0.2, 0) is 5.41 Å². The molecule has 0 spiro atoms. The normalized spacial score (nSPS) is 13.1. The van der Waals surface area contributed by atoms with Crippen molar-refractivity contribution in [2.75, 3.05) is 0 Å². The summed E-state index contributed by atoms with van der Waals surface area (Å²) in [5, 5.41) is 7.51. The molecule has 62 heavy (non-hydrogen) atoms. The lowest BCUT2D eigenvalue weighted by Crippen LogP contribution is -2.14. The molecule has 290 valence electrons. The van der Waals surface area contributed by atoms with Gasteiger partial charge in [0.05, 0.1) is 39.3 Å². The second-order valence-corrected chi connectivity index (χ2v) is 17.0. The van der Waals surface area contributed by atoms with Crippen molar-refractivity contribution in [1.29, 1.82) is 0 Å². The van der Waals surface area contributed by atoms with E-state index >= 15 is 0 Å². The smallest absolute Gasteiger partial charge is 0.145 e. The fourth-order valence-corrected chi connectivity index (χ4v) is 9.99. The summed E-state index contributed by atoms with van der Waals surface area (Å²) in [6.45, 7) is 4.66. The van der Waals surface area contributed by atoms with Gasteiger partial charge in [0.25, 0.3) is 0 Å². The first-order valence-electron chi connectivity index (χ1n) is 21.1. The van der Waals surface area contributed by atoms with Crippen LogP contribution in [0.4, 0.5) is 0 Å². The summed E-state index contributed by atoms with van der Waals surface area (Å²) in [6, 6.07) is 61.9. The molecule has 0 unspecified atom stereocenters. The Kier molecular flexibility index (Phi) is 7.29. The molecule has 0 saturated heterocycles. The van der Waals surface area contributed by atoms with Crippen LogP contribution in [0.25, 0.3) is 122 Å². The van der Waals surface area contributed by atoms with Gasteiger partial charge >= 0.3 is 0 Å². The Balaban J connectivity index is 1.00. The van der Waals surface area contributed by atoms with E-state index in [4.69, 9.17) is 24.4 Å². The maximum absolute atomic E-state index is 6.83. The molecule has 5 heterocycles. The molecule has 5 aromatic heterocycles. The van der Waals surface area contributed by atoms with Gasteiger partial charge in [0.15, 0.2) is 0 Å². The summed E-state index contributed by atoms with van der Waals surface area (Å²) in [5.74, 6) is 0. The van der Waals surface area contributed by atoms with E-state index in [1.165, 1.54) is 22.3 Å². The van der Waals surface area contributed by atoms with Crippen molar-refractivity contribution in [1.82, 2.24) is 19.9 Å². The zero-order valence-electron chi connectivity index (χ0n) is 34.0. The lowest BCUT2D eigenvalue weighted by atomic mass is 9.81. The number of furan rings is 1. The Morgan fingerprint density at radius 2 is 1.08 bits per heavy atom. The molecular weight excluding hydrogens is 757 g/mol. The summed E-state index contributed by atoms with van der Waals surface area (Å²) < 4.78 is 6.83. The van der Waals surface area contributed by atoms with E-state index in [9.17, 15) is 0 Å². The second-order valence-electron chi connectivity index (χ2n) is 17.0. The van der Waals surface area contributed by atoms with Crippen molar-refractivity contribution in [3.05, 3.63) is 193 Å². The molecule has 0 bridgehead atoms. The maximum Gasteiger partial charge on any atom is 0.145 e. The SMILES string of the molecule is CC1(C)c2ccccc2-c2ccc(-c3nc4ccccc4c4c3cc(-c3ccc(-c5ccc6ccc7ccc(-c8ccccc8)nc7c6n5)cn3)c3oc5ccccc5c34)cc21. The lowest BCUT2D eigenvalue weighted by Gasteiger charge is -2.22. The predicted molar refractivity (Wildman–Crippen MR) is 254 cm³/mol. The molecule has 0 N–H and O–H groups in total. The first-order valence-corrected chi connectivity index (χ1v) is 21.1. The van der Waals surface area contributed by atoms with Crippen molar-refractivity contribution in [3.8, 4) is 56.2 Å². The van der Waals surface area contributed by atoms with Crippen LogP contribution in [0, 0.1) is 0 Å². The standard InChI is InChI=1S/C57H36N4O/c1-57(2)44-17-9-6-14-38(44)39-26-22-36(30-45(39)57)53-43-31-42(56-52(41-16-8-11-19-50(41)62-56)51(43)40-15-7-10-18-49(40)61-53)48-29-25-37(32-58-48)47-28-24-35-21-20-34-23-27-46(33-12-4-3-5-13-33)59-54(34)55(35)60-47/h3-32H,1-2H3. The monoisotopic (exact) mass is 792 g/mol. The van der Waals surface area contributed by atoms with Crippen LogP contribution < -0.4 is 0 Å². The fourth-order valence-electron chi connectivity index (χ4n) is 9.99. The molecule has 13 rings (SSSR count). The van der Waals surface area contributed by atoms with Gasteiger partial charge in [0, 0.05) is 71.6 Å². The first-order chi connectivity index (χ1) is 30.5. The lowest BCUT2D eigenvalue weighted by molar-refractivity contribution is 0.660. The number of aromatic nitrogens is 4. The number of rotatable bonds is 4. The molecular formula is C57H36N4O. The van der Waals surface area contributed by atoms with Crippen molar-refractivity contribution < 1.29 is 4.42 Å².